The van der Waals surface area contributed by atoms with Crippen LogP contribution in [0.15, 0.2) is 46.9 Å². The van der Waals surface area contributed by atoms with Gasteiger partial charge in [0, 0.05) is 10.9 Å². The van der Waals surface area contributed by atoms with Crippen molar-refractivity contribution in [1.82, 2.24) is 0 Å². The van der Waals surface area contributed by atoms with Gasteiger partial charge in [0.05, 0.1) is 11.6 Å². The Morgan fingerprint density at radius 3 is 2.29 bits per heavy atom. The highest BCUT2D eigenvalue weighted by Gasteiger charge is 2.22. The van der Waals surface area contributed by atoms with Crippen molar-refractivity contribution in [3.05, 3.63) is 63.6 Å². The van der Waals surface area contributed by atoms with E-state index in [1.54, 1.807) is 6.07 Å². The van der Waals surface area contributed by atoms with E-state index in [1.807, 2.05) is 50.2 Å². The molecule has 0 spiro atoms. The minimum Gasteiger partial charge on any atom is -0.481 e. The van der Waals surface area contributed by atoms with Gasteiger partial charge in [0.25, 0.3) is 0 Å². The van der Waals surface area contributed by atoms with Crippen molar-refractivity contribution in [2.24, 2.45) is 5.92 Å². The van der Waals surface area contributed by atoms with Crippen molar-refractivity contribution in [2.75, 3.05) is 5.32 Å². The maximum Gasteiger partial charge on any atom is 0.307 e. The second-order valence-corrected chi connectivity index (χ2v) is 6.81. The number of amides is 1. The zero-order valence-electron chi connectivity index (χ0n) is 13.7. The van der Waals surface area contributed by atoms with Crippen molar-refractivity contribution in [2.45, 2.75) is 26.7 Å². The Hall–Kier alpha value is -2.14. The first-order valence-electron chi connectivity index (χ1n) is 7.69. The second-order valence-electron chi connectivity index (χ2n) is 5.96. The first kappa shape index (κ1) is 18.2. The summed E-state index contributed by atoms with van der Waals surface area (Å²) in [5, 5.41) is 12.2. The first-order valence-corrected chi connectivity index (χ1v) is 8.49. The number of aryl methyl sites for hydroxylation is 2. The summed E-state index contributed by atoms with van der Waals surface area (Å²) in [5.74, 6) is -2.02. The lowest BCUT2D eigenvalue weighted by atomic mass is 9.95. The monoisotopic (exact) mass is 389 g/mol. The Bertz CT molecular complexity index is 741. The molecule has 0 saturated heterocycles. The maximum absolute atomic E-state index is 12.2. The van der Waals surface area contributed by atoms with E-state index in [4.69, 9.17) is 0 Å². The number of halogens is 1. The number of rotatable bonds is 6. The molecule has 1 atom stereocenters. The number of aliphatic carboxylic acids is 1. The number of hydrogen-bond acceptors (Lipinski definition) is 2. The van der Waals surface area contributed by atoms with Crippen molar-refractivity contribution in [3.8, 4) is 0 Å². The molecule has 0 bridgehead atoms. The smallest absolute Gasteiger partial charge is 0.307 e. The highest BCUT2D eigenvalue weighted by Crippen LogP contribution is 2.24. The van der Waals surface area contributed by atoms with E-state index < -0.39 is 11.9 Å². The summed E-state index contributed by atoms with van der Waals surface area (Å²) in [6.07, 6.45) is 0.266. The molecule has 24 heavy (non-hydrogen) atoms. The van der Waals surface area contributed by atoms with Gasteiger partial charge in [-0.1, -0.05) is 35.9 Å². The van der Waals surface area contributed by atoms with Crippen LogP contribution in [0.4, 0.5) is 5.69 Å². The lowest BCUT2D eigenvalue weighted by Gasteiger charge is -2.14. The summed E-state index contributed by atoms with van der Waals surface area (Å²) >= 11 is 3.40. The molecule has 0 fully saturated rings. The minimum atomic E-state index is -0.964. The van der Waals surface area contributed by atoms with Gasteiger partial charge in [-0.15, -0.1) is 0 Å². The van der Waals surface area contributed by atoms with Crippen LogP contribution in [0.3, 0.4) is 0 Å². The zero-order valence-corrected chi connectivity index (χ0v) is 15.3. The van der Waals surface area contributed by atoms with Gasteiger partial charge < -0.3 is 10.4 Å². The summed E-state index contributed by atoms with van der Waals surface area (Å²) in [5.41, 5.74) is 3.75. The highest BCUT2D eigenvalue weighted by atomic mass is 79.9. The van der Waals surface area contributed by atoms with Crippen LogP contribution in [0.2, 0.25) is 0 Å². The van der Waals surface area contributed by atoms with Crippen LogP contribution in [0.25, 0.3) is 0 Å². The van der Waals surface area contributed by atoms with Gasteiger partial charge in [0.2, 0.25) is 5.91 Å². The van der Waals surface area contributed by atoms with E-state index in [1.165, 1.54) is 0 Å². The lowest BCUT2D eigenvalue weighted by Crippen LogP contribution is -2.24. The number of anilines is 1. The van der Waals surface area contributed by atoms with Crippen molar-refractivity contribution in [1.29, 1.82) is 0 Å². The molecule has 1 amide bonds. The van der Waals surface area contributed by atoms with Gasteiger partial charge in [0.15, 0.2) is 0 Å². The summed E-state index contributed by atoms with van der Waals surface area (Å²) in [4.78, 5) is 23.7. The predicted octanol–water partition coefficient (Wildman–Crippen LogP) is 4.34. The van der Waals surface area contributed by atoms with Crippen molar-refractivity contribution >= 4 is 33.5 Å². The topological polar surface area (TPSA) is 66.4 Å². The summed E-state index contributed by atoms with van der Waals surface area (Å²) in [6.45, 7) is 3.93. The van der Waals surface area contributed by atoms with Crippen LogP contribution in [0, 0.1) is 19.8 Å². The van der Waals surface area contributed by atoms with Gasteiger partial charge in [-0.2, -0.15) is 0 Å². The average molecular weight is 390 g/mol. The fraction of sp³-hybridized carbons (Fsp3) is 0.263. The number of carbonyl (C=O) groups excluding carboxylic acids is 1. The van der Waals surface area contributed by atoms with Crippen molar-refractivity contribution < 1.29 is 14.7 Å². The van der Waals surface area contributed by atoms with E-state index >= 15 is 0 Å². The Labute approximate surface area is 150 Å². The predicted molar refractivity (Wildman–Crippen MR) is 98.1 cm³/mol. The number of benzene rings is 2. The Balaban J connectivity index is 2.02. The molecule has 0 unspecified atom stereocenters. The summed E-state index contributed by atoms with van der Waals surface area (Å²) in [7, 11) is 0. The molecule has 0 aliphatic rings. The fourth-order valence-electron chi connectivity index (χ4n) is 2.40. The quantitative estimate of drug-likeness (QED) is 0.771. The van der Waals surface area contributed by atoms with E-state index in [2.05, 4.69) is 21.2 Å². The summed E-state index contributed by atoms with van der Waals surface area (Å²) in [6, 6.07) is 13.3. The number of nitrogens with one attached hydrogen (secondary N) is 1. The van der Waals surface area contributed by atoms with E-state index in [-0.39, 0.29) is 12.3 Å². The van der Waals surface area contributed by atoms with E-state index in [9.17, 15) is 14.7 Å². The molecule has 2 aromatic rings. The van der Waals surface area contributed by atoms with Crippen LogP contribution in [-0.2, 0) is 16.0 Å². The fourth-order valence-corrected chi connectivity index (χ4v) is 2.99. The molecule has 0 aliphatic heterocycles. The van der Waals surface area contributed by atoms with Gasteiger partial charge in [-0.05, 0) is 59.5 Å². The third-order valence-corrected chi connectivity index (χ3v) is 4.44. The minimum absolute atomic E-state index is 0.0659. The van der Waals surface area contributed by atoms with Gasteiger partial charge >= 0.3 is 5.97 Å². The molecule has 4 nitrogen and oxygen atoms in total. The molecule has 126 valence electrons. The third kappa shape index (κ3) is 5.20. The van der Waals surface area contributed by atoms with Crippen LogP contribution < -0.4 is 5.32 Å². The Morgan fingerprint density at radius 2 is 1.71 bits per heavy atom. The van der Waals surface area contributed by atoms with Crippen LogP contribution >= 0.6 is 15.9 Å². The molecule has 2 aromatic carbocycles. The number of carboxylic acids is 1. The average Bonchev–Trinajstić information content (AvgIpc) is 2.51. The molecule has 2 rings (SSSR count). The molecule has 0 aliphatic carbocycles. The summed E-state index contributed by atoms with van der Waals surface area (Å²) < 4.78 is 0.779. The molecular weight excluding hydrogens is 370 g/mol. The van der Waals surface area contributed by atoms with Crippen LogP contribution in [0.1, 0.15) is 23.1 Å². The third-order valence-electron chi connectivity index (χ3n) is 3.78. The molecule has 2 N–H and O–H groups in total. The standard InChI is InChI=1S/C19H20BrNO3/c1-12-3-6-14(7-4-12)10-15(19(23)24)11-18(22)21-17-8-5-13(2)9-16(17)20/h3-9,15H,10-11H2,1-2H3,(H,21,22)(H,23,24)/t15-/m1/s1. The van der Waals surface area contributed by atoms with Crippen molar-refractivity contribution in [3.63, 3.8) is 0 Å². The molecule has 0 aromatic heterocycles. The molecule has 0 heterocycles. The molecule has 5 heteroatoms. The number of hydrogen-bond donors (Lipinski definition) is 2. The number of carboxylic acid groups (broad SMARTS) is 1. The number of carbonyl (C=O) groups is 2. The SMILES string of the molecule is Cc1ccc(C[C@H](CC(=O)Nc2ccc(C)cc2Br)C(=O)O)cc1. The largest absolute Gasteiger partial charge is 0.481 e. The maximum atomic E-state index is 12.2. The molecular formula is C19H20BrNO3. The van der Waals surface area contributed by atoms with Gasteiger partial charge in [0.1, 0.15) is 0 Å². The molecule has 0 radical (unpaired) electrons. The Morgan fingerprint density at radius 1 is 1.08 bits per heavy atom. The Kier molecular flexibility index (Phi) is 6.15. The second kappa shape index (κ2) is 8.11. The normalized spacial score (nSPS) is 11.8. The lowest BCUT2D eigenvalue weighted by molar-refractivity contribution is -0.143. The van der Waals surface area contributed by atoms with E-state index in [0.717, 1.165) is 21.2 Å². The van der Waals surface area contributed by atoms with Crippen LogP contribution in [-0.4, -0.2) is 17.0 Å². The van der Waals surface area contributed by atoms with Gasteiger partial charge in [-0.25, -0.2) is 0 Å². The first-order chi connectivity index (χ1) is 11.3. The van der Waals surface area contributed by atoms with E-state index in [0.29, 0.717) is 12.1 Å². The van der Waals surface area contributed by atoms with Gasteiger partial charge in [-0.3, -0.25) is 9.59 Å². The zero-order chi connectivity index (χ0) is 17.7. The highest BCUT2D eigenvalue weighted by molar-refractivity contribution is 9.10. The molecule has 0 saturated carbocycles. The van der Waals surface area contributed by atoms with Crippen LogP contribution in [0.5, 0.6) is 0 Å².